The minimum Gasteiger partial charge on any atom is -0.478 e. The summed E-state index contributed by atoms with van der Waals surface area (Å²) in [4.78, 5) is 28.0. The van der Waals surface area contributed by atoms with Crippen molar-refractivity contribution in [2.75, 3.05) is 26.7 Å². The fourth-order valence-electron chi connectivity index (χ4n) is 2.34. The van der Waals surface area contributed by atoms with E-state index < -0.39 is 5.97 Å². The summed E-state index contributed by atoms with van der Waals surface area (Å²) >= 11 is 1.35. The molecule has 2 heterocycles. The maximum absolute atomic E-state index is 12.7. The lowest BCUT2D eigenvalue weighted by molar-refractivity contribution is -0.131. The van der Waals surface area contributed by atoms with Crippen molar-refractivity contribution in [3.63, 3.8) is 0 Å². The van der Waals surface area contributed by atoms with E-state index in [9.17, 15) is 9.59 Å². The number of hydrogen-bond donors (Lipinski definition) is 1. The first kappa shape index (κ1) is 15.7. The molecule has 114 valence electrons. The Kier molecular flexibility index (Phi) is 4.49. The summed E-state index contributed by atoms with van der Waals surface area (Å²) in [7, 11) is 2.06. The Morgan fingerprint density at radius 1 is 1.38 bits per heavy atom. The molecule has 1 saturated heterocycles. The summed E-state index contributed by atoms with van der Waals surface area (Å²) in [6.45, 7) is 6.43. The number of nitrogens with zero attached hydrogens (tertiary/aromatic N) is 2. The van der Waals surface area contributed by atoms with Crippen LogP contribution < -0.4 is 0 Å². The fourth-order valence-corrected chi connectivity index (χ4v) is 3.20. The molecule has 1 aromatic rings. The highest BCUT2D eigenvalue weighted by Gasteiger charge is 2.34. The Bertz CT molecular complexity index is 577. The van der Waals surface area contributed by atoms with Crippen LogP contribution in [0.1, 0.15) is 29.1 Å². The topological polar surface area (TPSA) is 60.9 Å². The van der Waals surface area contributed by atoms with E-state index in [-0.39, 0.29) is 11.4 Å². The van der Waals surface area contributed by atoms with Gasteiger partial charge >= 0.3 is 5.97 Å². The van der Waals surface area contributed by atoms with Crippen LogP contribution >= 0.6 is 11.3 Å². The lowest BCUT2D eigenvalue weighted by atomic mass is 9.99. The van der Waals surface area contributed by atoms with Gasteiger partial charge in [-0.3, -0.25) is 9.69 Å². The molecule has 0 aromatic carbocycles. The second kappa shape index (κ2) is 5.99. The molecule has 0 aliphatic carbocycles. The molecular formula is C15H20N2O3S. The number of carboxylic acids is 1. The summed E-state index contributed by atoms with van der Waals surface area (Å²) in [6, 6.07) is 1.78. The van der Waals surface area contributed by atoms with Crippen molar-refractivity contribution in [2.24, 2.45) is 0 Å². The average Bonchev–Trinajstić information content (AvgIpc) is 2.87. The smallest absolute Gasteiger partial charge is 0.328 e. The molecule has 0 saturated carbocycles. The molecule has 1 aliphatic rings. The van der Waals surface area contributed by atoms with Crippen molar-refractivity contribution < 1.29 is 14.7 Å². The first-order chi connectivity index (χ1) is 9.81. The Morgan fingerprint density at radius 2 is 2.10 bits per heavy atom. The van der Waals surface area contributed by atoms with Crippen LogP contribution in [0.3, 0.4) is 0 Å². The quantitative estimate of drug-likeness (QED) is 0.868. The van der Waals surface area contributed by atoms with Crippen LogP contribution in [0.15, 0.2) is 17.5 Å². The minimum absolute atomic E-state index is 0.0174. The molecule has 0 bridgehead atoms. The van der Waals surface area contributed by atoms with Gasteiger partial charge < -0.3 is 10.0 Å². The van der Waals surface area contributed by atoms with E-state index in [1.54, 1.807) is 6.07 Å². The van der Waals surface area contributed by atoms with Crippen molar-refractivity contribution >= 4 is 29.3 Å². The zero-order chi connectivity index (χ0) is 15.6. The van der Waals surface area contributed by atoms with E-state index >= 15 is 0 Å². The second-order valence-electron chi connectivity index (χ2n) is 5.84. The van der Waals surface area contributed by atoms with Crippen LogP contribution in [-0.2, 0) is 4.79 Å². The molecule has 1 N–H and O–H groups in total. The number of rotatable bonds is 3. The number of carbonyl (C=O) groups excluding carboxylic acids is 1. The predicted molar refractivity (Wildman–Crippen MR) is 83.6 cm³/mol. The van der Waals surface area contributed by atoms with E-state index in [1.807, 2.05) is 10.3 Å². The number of hydrogen-bond acceptors (Lipinski definition) is 4. The predicted octanol–water partition coefficient (Wildman–Crippen LogP) is 2.01. The monoisotopic (exact) mass is 308 g/mol. The maximum atomic E-state index is 12.7. The number of thiophene rings is 1. The van der Waals surface area contributed by atoms with Crippen molar-refractivity contribution in [3.05, 3.63) is 28.0 Å². The standard InChI is InChI=1S/C15H20N2O3S/c1-15(2)10-17(8-7-16(15)3)14(20)13-11(6-9-21-13)4-5-12(18)19/h4-6,9H,7-8,10H2,1-3H3,(H,18,19). The van der Waals surface area contributed by atoms with Crippen molar-refractivity contribution in [3.8, 4) is 0 Å². The number of carbonyl (C=O) groups is 2. The molecule has 0 atom stereocenters. The Balaban J connectivity index is 2.18. The van der Waals surface area contributed by atoms with E-state index in [4.69, 9.17) is 5.11 Å². The first-order valence-electron chi connectivity index (χ1n) is 6.80. The molecule has 6 heteroatoms. The zero-order valence-corrected chi connectivity index (χ0v) is 13.3. The number of likely N-dealkylation sites (N-methyl/N-ethyl adjacent to an activating group) is 1. The summed E-state index contributed by atoms with van der Waals surface area (Å²) in [5.41, 5.74) is 0.617. The highest BCUT2D eigenvalue weighted by Crippen LogP contribution is 2.24. The second-order valence-corrected chi connectivity index (χ2v) is 6.75. The van der Waals surface area contributed by atoms with Crippen LogP contribution in [-0.4, -0.2) is 59.0 Å². The average molecular weight is 308 g/mol. The molecule has 1 fully saturated rings. The normalized spacial score (nSPS) is 19.1. The van der Waals surface area contributed by atoms with E-state index in [0.717, 1.165) is 12.6 Å². The van der Waals surface area contributed by atoms with E-state index in [2.05, 4.69) is 25.8 Å². The SMILES string of the molecule is CN1CCN(C(=O)c2sccc2C=CC(=O)O)CC1(C)C. The molecule has 1 aliphatic heterocycles. The van der Waals surface area contributed by atoms with Gasteiger partial charge in [-0.2, -0.15) is 0 Å². The van der Waals surface area contributed by atoms with Gasteiger partial charge in [-0.1, -0.05) is 0 Å². The van der Waals surface area contributed by atoms with Crippen LogP contribution in [0.4, 0.5) is 0 Å². The third-order valence-corrected chi connectivity index (χ3v) is 4.82. The van der Waals surface area contributed by atoms with Gasteiger partial charge in [0.2, 0.25) is 0 Å². The van der Waals surface area contributed by atoms with Crippen molar-refractivity contribution in [1.29, 1.82) is 0 Å². The van der Waals surface area contributed by atoms with Crippen LogP contribution in [0.2, 0.25) is 0 Å². The lowest BCUT2D eigenvalue weighted by Crippen LogP contribution is -2.58. The molecule has 5 nitrogen and oxygen atoms in total. The molecule has 1 amide bonds. The molecular weight excluding hydrogens is 288 g/mol. The Labute approximate surface area is 128 Å². The maximum Gasteiger partial charge on any atom is 0.328 e. The molecule has 0 spiro atoms. The molecule has 1 aromatic heterocycles. The number of piperazine rings is 1. The Morgan fingerprint density at radius 3 is 2.71 bits per heavy atom. The van der Waals surface area contributed by atoms with E-state index in [0.29, 0.717) is 23.5 Å². The van der Waals surface area contributed by atoms with E-state index in [1.165, 1.54) is 17.4 Å². The van der Waals surface area contributed by atoms with Crippen molar-refractivity contribution in [2.45, 2.75) is 19.4 Å². The highest BCUT2D eigenvalue weighted by molar-refractivity contribution is 7.12. The van der Waals surface area contributed by atoms with Gasteiger partial charge in [-0.25, -0.2) is 4.79 Å². The van der Waals surface area contributed by atoms with Gasteiger partial charge in [-0.15, -0.1) is 11.3 Å². The summed E-state index contributed by atoms with van der Waals surface area (Å²) in [5, 5.41) is 10.5. The molecule has 2 rings (SSSR count). The largest absolute Gasteiger partial charge is 0.478 e. The highest BCUT2D eigenvalue weighted by atomic mass is 32.1. The third-order valence-electron chi connectivity index (χ3n) is 3.90. The molecule has 0 unspecified atom stereocenters. The third kappa shape index (κ3) is 3.51. The van der Waals surface area contributed by atoms with Gasteiger partial charge in [0, 0.05) is 31.2 Å². The van der Waals surface area contributed by atoms with Gasteiger partial charge in [0.1, 0.15) is 0 Å². The summed E-state index contributed by atoms with van der Waals surface area (Å²) in [5.74, 6) is -1.03. The van der Waals surface area contributed by atoms with Crippen LogP contribution in [0.25, 0.3) is 6.08 Å². The van der Waals surface area contributed by atoms with Gasteiger partial charge in [0.05, 0.1) is 4.88 Å². The number of carboxylic acid groups (broad SMARTS) is 1. The summed E-state index contributed by atoms with van der Waals surface area (Å²) < 4.78 is 0. The number of amides is 1. The number of aliphatic carboxylic acids is 1. The first-order valence-corrected chi connectivity index (χ1v) is 7.68. The minimum atomic E-state index is -1.01. The van der Waals surface area contributed by atoms with Gasteiger partial charge in [-0.05, 0) is 44.0 Å². The van der Waals surface area contributed by atoms with Gasteiger partial charge in [0.25, 0.3) is 5.91 Å². The zero-order valence-electron chi connectivity index (χ0n) is 12.5. The lowest BCUT2D eigenvalue weighted by Gasteiger charge is -2.45. The fraction of sp³-hybridized carbons (Fsp3) is 0.467. The summed E-state index contributed by atoms with van der Waals surface area (Å²) in [6.07, 6.45) is 2.54. The van der Waals surface area contributed by atoms with Crippen molar-refractivity contribution in [1.82, 2.24) is 9.80 Å². The van der Waals surface area contributed by atoms with Gasteiger partial charge in [0.15, 0.2) is 0 Å². The molecule has 21 heavy (non-hydrogen) atoms. The van der Waals surface area contributed by atoms with Crippen LogP contribution in [0.5, 0.6) is 0 Å². The Hall–Kier alpha value is -1.66. The van der Waals surface area contributed by atoms with Crippen LogP contribution in [0, 0.1) is 0 Å². The molecule has 0 radical (unpaired) electrons.